The van der Waals surface area contributed by atoms with E-state index in [4.69, 9.17) is 21.1 Å². The van der Waals surface area contributed by atoms with E-state index < -0.39 is 21.7 Å². The summed E-state index contributed by atoms with van der Waals surface area (Å²) in [7, 11) is -0.743. The van der Waals surface area contributed by atoms with Gasteiger partial charge in [-0.2, -0.15) is 0 Å². The van der Waals surface area contributed by atoms with Gasteiger partial charge in [-0.3, -0.25) is 14.8 Å². The molecule has 0 aromatic heterocycles. The highest BCUT2D eigenvalue weighted by atomic mass is 35.5. The third kappa shape index (κ3) is 7.66. The fraction of sp³-hybridized carbons (Fsp3) is 0.219. The van der Waals surface area contributed by atoms with E-state index in [2.05, 4.69) is 15.4 Å². The highest BCUT2D eigenvalue weighted by Gasteiger charge is 2.36. The smallest absolute Gasteiger partial charge is 0.249 e. The standard InChI is InChI=1S/C32H34ClN3O6S/c1-32(22-10-16-25(41-2)17-11-22,31(38)35-24-14-12-23(33)13-15-24)34-20-28(37)27-19-18-26(21-8-6-5-7-9-21)29(30(27)42-3)36-43(4,39)40/h5-19,28,34,36-37H,20H2,1-4H3,(H,35,38)/t28?,32-/m0/s1. The second-order valence-corrected chi connectivity index (χ2v) is 12.2. The van der Waals surface area contributed by atoms with Crippen LogP contribution >= 0.6 is 11.6 Å². The van der Waals surface area contributed by atoms with Gasteiger partial charge in [-0.1, -0.05) is 66.2 Å². The van der Waals surface area contributed by atoms with Crippen molar-refractivity contribution in [2.45, 2.75) is 18.6 Å². The molecule has 4 N–H and O–H groups in total. The molecule has 1 amide bonds. The largest absolute Gasteiger partial charge is 0.497 e. The minimum Gasteiger partial charge on any atom is -0.497 e. The molecule has 2 atom stereocenters. The van der Waals surface area contributed by atoms with Crippen LogP contribution in [-0.4, -0.2) is 46.5 Å². The predicted molar refractivity (Wildman–Crippen MR) is 170 cm³/mol. The van der Waals surface area contributed by atoms with Crippen LogP contribution in [0.3, 0.4) is 0 Å². The number of methoxy groups -OCH3 is 2. The van der Waals surface area contributed by atoms with Crippen molar-refractivity contribution in [2.24, 2.45) is 0 Å². The van der Waals surface area contributed by atoms with Gasteiger partial charge in [-0.05, 0) is 54.4 Å². The van der Waals surface area contributed by atoms with Crippen LogP contribution < -0.4 is 24.8 Å². The number of rotatable bonds is 12. The molecule has 0 radical (unpaired) electrons. The number of carbonyl (C=O) groups excluding carboxylic acids is 1. The first-order chi connectivity index (χ1) is 20.4. The average Bonchev–Trinajstić information content (AvgIpc) is 3.00. The van der Waals surface area contributed by atoms with Crippen LogP contribution in [-0.2, 0) is 20.4 Å². The highest BCUT2D eigenvalue weighted by Crippen LogP contribution is 2.41. The summed E-state index contributed by atoms with van der Waals surface area (Å²) in [4.78, 5) is 13.7. The fourth-order valence-electron chi connectivity index (χ4n) is 4.66. The van der Waals surface area contributed by atoms with Gasteiger partial charge in [0, 0.05) is 28.4 Å². The van der Waals surface area contributed by atoms with Crippen molar-refractivity contribution < 1.29 is 27.8 Å². The van der Waals surface area contributed by atoms with E-state index in [1.165, 1.54) is 7.11 Å². The number of sulfonamides is 1. The molecule has 0 fully saturated rings. The predicted octanol–water partition coefficient (Wildman–Crippen LogP) is 5.57. The molecule has 4 aromatic carbocycles. The number of aliphatic hydroxyl groups excluding tert-OH is 1. The second kappa shape index (κ2) is 13.5. The third-order valence-corrected chi connectivity index (χ3v) is 7.82. The molecule has 4 aromatic rings. The van der Waals surface area contributed by atoms with E-state index in [0.29, 0.717) is 33.1 Å². The summed E-state index contributed by atoms with van der Waals surface area (Å²) in [6.45, 7) is 1.62. The average molecular weight is 624 g/mol. The Morgan fingerprint density at radius 1 is 0.930 bits per heavy atom. The number of ether oxygens (including phenoxy) is 2. The number of halogens is 1. The first-order valence-corrected chi connectivity index (χ1v) is 15.6. The molecule has 9 nitrogen and oxygen atoms in total. The Bertz CT molecular complexity index is 1670. The number of amides is 1. The van der Waals surface area contributed by atoms with E-state index in [-0.39, 0.29) is 23.9 Å². The number of anilines is 2. The molecule has 43 heavy (non-hydrogen) atoms. The maximum absolute atomic E-state index is 13.7. The number of nitrogens with one attached hydrogen (secondary N) is 3. The molecule has 0 bridgehead atoms. The van der Waals surface area contributed by atoms with Crippen molar-refractivity contribution in [1.29, 1.82) is 0 Å². The summed E-state index contributed by atoms with van der Waals surface area (Å²) >= 11 is 6.01. The molecule has 226 valence electrons. The highest BCUT2D eigenvalue weighted by molar-refractivity contribution is 7.92. The molecule has 4 rings (SSSR count). The lowest BCUT2D eigenvalue weighted by Crippen LogP contribution is -2.51. The summed E-state index contributed by atoms with van der Waals surface area (Å²) < 4.78 is 38.2. The van der Waals surface area contributed by atoms with Gasteiger partial charge in [0.05, 0.1) is 32.3 Å². The van der Waals surface area contributed by atoms with Gasteiger partial charge in [0.25, 0.3) is 0 Å². The lowest BCUT2D eigenvalue weighted by atomic mass is 9.90. The minimum atomic E-state index is -3.70. The SMILES string of the molecule is COc1ccc([C@](C)(NCC(O)c2ccc(-c3ccccc3)c(NS(C)(=O)=O)c2OC)C(=O)Nc2ccc(Cl)cc2)cc1. The number of hydrogen-bond acceptors (Lipinski definition) is 7. The van der Waals surface area contributed by atoms with Gasteiger partial charge >= 0.3 is 0 Å². The molecular weight excluding hydrogens is 590 g/mol. The van der Waals surface area contributed by atoms with Gasteiger partial charge in [-0.15, -0.1) is 0 Å². The topological polar surface area (TPSA) is 126 Å². The second-order valence-electron chi connectivity index (χ2n) is 10.1. The van der Waals surface area contributed by atoms with Crippen LogP contribution in [0, 0.1) is 0 Å². The van der Waals surface area contributed by atoms with Crippen molar-refractivity contribution in [3.63, 3.8) is 0 Å². The van der Waals surface area contributed by atoms with Crippen LogP contribution in [0.5, 0.6) is 11.5 Å². The molecule has 0 aliphatic rings. The van der Waals surface area contributed by atoms with Crippen LogP contribution in [0.4, 0.5) is 11.4 Å². The first kappa shape index (κ1) is 31.8. The first-order valence-electron chi connectivity index (χ1n) is 13.3. The lowest BCUT2D eigenvalue weighted by molar-refractivity contribution is -0.122. The molecule has 0 spiro atoms. The summed E-state index contributed by atoms with van der Waals surface area (Å²) in [5.41, 5.74) is 1.73. The zero-order chi connectivity index (χ0) is 31.2. The minimum absolute atomic E-state index is 0.0874. The van der Waals surface area contributed by atoms with E-state index in [1.807, 2.05) is 30.3 Å². The van der Waals surface area contributed by atoms with Gasteiger partial charge in [0.15, 0.2) is 0 Å². The Balaban J connectivity index is 1.69. The van der Waals surface area contributed by atoms with Gasteiger partial charge in [0.2, 0.25) is 15.9 Å². The number of benzene rings is 4. The Kier molecular flexibility index (Phi) is 9.98. The van der Waals surface area contributed by atoms with Crippen LogP contribution in [0.25, 0.3) is 11.1 Å². The number of hydrogen-bond donors (Lipinski definition) is 4. The van der Waals surface area contributed by atoms with Crippen molar-refractivity contribution >= 4 is 38.9 Å². The quantitative estimate of drug-likeness (QED) is 0.162. The molecule has 0 saturated heterocycles. The van der Waals surface area contributed by atoms with Gasteiger partial charge in [0.1, 0.15) is 17.0 Å². The molecule has 1 unspecified atom stereocenters. The van der Waals surface area contributed by atoms with Gasteiger partial charge < -0.3 is 19.9 Å². The Morgan fingerprint density at radius 2 is 1.58 bits per heavy atom. The van der Waals surface area contributed by atoms with E-state index >= 15 is 0 Å². The lowest BCUT2D eigenvalue weighted by Gasteiger charge is -2.32. The molecule has 11 heteroatoms. The monoisotopic (exact) mass is 623 g/mol. The molecule has 0 heterocycles. The molecule has 0 aliphatic carbocycles. The Hall–Kier alpha value is -4.09. The Morgan fingerprint density at radius 3 is 2.16 bits per heavy atom. The van der Waals surface area contributed by atoms with Gasteiger partial charge in [-0.25, -0.2) is 8.42 Å². The van der Waals surface area contributed by atoms with Crippen molar-refractivity contribution in [1.82, 2.24) is 5.32 Å². The van der Waals surface area contributed by atoms with Crippen LogP contribution in [0.2, 0.25) is 5.02 Å². The summed E-state index contributed by atoms with van der Waals surface area (Å²) in [6, 6.07) is 26.4. The third-order valence-electron chi connectivity index (χ3n) is 7.00. The van der Waals surface area contributed by atoms with E-state index in [9.17, 15) is 18.3 Å². The van der Waals surface area contributed by atoms with Crippen molar-refractivity contribution in [3.8, 4) is 22.6 Å². The van der Waals surface area contributed by atoms with Crippen molar-refractivity contribution in [3.05, 3.63) is 107 Å². The maximum atomic E-state index is 13.7. The number of carbonyl (C=O) groups is 1. The summed E-state index contributed by atoms with van der Waals surface area (Å²) in [5.74, 6) is 0.411. The summed E-state index contributed by atoms with van der Waals surface area (Å²) in [5, 5.41) is 18.1. The maximum Gasteiger partial charge on any atom is 0.249 e. The zero-order valence-electron chi connectivity index (χ0n) is 24.2. The normalized spacial score (nSPS) is 13.4. The molecule has 0 aliphatic heterocycles. The van der Waals surface area contributed by atoms with Crippen molar-refractivity contribution in [2.75, 3.05) is 37.1 Å². The molecule has 0 saturated carbocycles. The van der Waals surface area contributed by atoms with E-state index in [1.54, 1.807) is 74.7 Å². The summed E-state index contributed by atoms with van der Waals surface area (Å²) in [6.07, 6.45) is -0.147. The Labute approximate surface area is 256 Å². The van der Waals surface area contributed by atoms with Crippen LogP contribution in [0.1, 0.15) is 24.2 Å². The fourth-order valence-corrected chi connectivity index (χ4v) is 5.36. The number of aliphatic hydroxyl groups is 1. The zero-order valence-corrected chi connectivity index (χ0v) is 25.8. The van der Waals surface area contributed by atoms with E-state index in [0.717, 1.165) is 11.8 Å². The van der Waals surface area contributed by atoms with Crippen LogP contribution in [0.15, 0.2) is 91.0 Å². The molecular formula is C32H34ClN3O6S.